The minimum absolute atomic E-state index is 0.272. The lowest BCUT2D eigenvalue weighted by Gasteiger charge is -2.18. The van der Waals surface area contributed by atoms with Crippen LogP contribution in [0.5, 0.6) is 0 Å². The van der Waals surface area contributed by atoms with Crippen LogP contribution in [-0.2, 0) is 0 Å². The van der Waals surface area contributed by atoms with E-state index >= 15 is 0 Å². The van der Waals surface area contributed by atoms with Crippen molar-refractivity contribution in [1.82, 2.24) is 9.97 Å². The Morgan fingerprint density at radius 3 is 2.20 bits per heavy atom. The summed E-state index contributed by atoms with van der Waals surface area (Å²) in [5, 5.41) is 8.66. The molecule has 44 heavy (non-hydrogen) atoms. The van der Waals surface area contributed by atoms with Crippen molar-refractivity contribution in [2.45, 2.75) is 12.3 Å². The van der Waals surface area contributed by atoms with Gasteiger partial charge in [0.1, 0.15) is 16.8 Å². The largest absolute Gasteiger partial charge is 0.452 e. The van der Waals surface area contributed by atoms with Crippen LogP contribution in [0, 0.1) is 0 Å². The lowest BCUT2D eigenvalue weighted by atomic mass is 9.88. The minimum atomic E-state index is 0.272. The highest BCUT2D eigenvalue weighted by atomic mass is 32.1. The molecule has 1 atom stereocenters. The fourth-order valence-electron chi connectivity index (χ4n) is 7.23. The number of allylic oxidation sites excluding steroid dienone is 4. The van der Waals surface area contributed by atoms with Crippen LogP contribution in [0.15, 0.2) is 132 Å². The molecule has 0 bridgehead atoms. The van der Waals surface area contributed by atoms with E-state index in [1.165, 1.54) is 47.3 Å². The van der Waals surface area contributed by atoms with Crippen LogP contribution in [-0.4, -0.2) is 9.97 Å². The Morgan fingerprint density at radius 2 is 1.34 bits per heavy atom. The van der Waals surface area contributed by atoms with E-state index in [1.54, 1.807) is 0 Å². The number of benzene rings is 6. The Labute approximate surface area is 256 Å². The second kappa shape index (κ2) is 9.09. The van der Waals surface area contributed by atoms with Gasteiger partial charge in [0.2, 0.25) is 0 Å². The van der Waals surface area contributed by atoms with E-state index in [9.17, 15) is 0 Å². The van der Waals surface area contributed by atoms with Crippen molar-refractivity contribution < 1.29 is 4.42 Å². The first-order valence-electron chi connectivity index (χ1n) is 15.0. The zero-order valence-corrected chi connectivity index (χ0v) is 24.4. The van der Waals surface area contributed by atoms with Gasteiger partial charge in [-0.3, -0.25) is 0 Å². The molecule has 0 spiro atoms. The van der Waals surface area contributed by atoms with Crippen molar-refractivity contribution >= 4 is 80.7 Å². The molecule has 3 heterocycles. The number of fused-ring (bicyclic) bond motifs is 6. The van der Waals surface area contributed by atoms with Gasteiger partial charge in [-0.25, -0.2) is 9.97 Å². The van der Waals surface area contributed by atoms with Gasteiger partial charge in [-0.15, -0.1) is 11.3 Å². The smallest absolute Gasteiger partial charge is 0.180 e. The first-order valence-corrected chi connectivity index (χ1v) is 15.8. The highest BCUT2D eigenvalue weighted by Gasteiger charge is 2.23. The minimum Gasteiger partial charge on any atom is -0.452 e. The van der Waals surface area contributed by atoms with Gasteiger partial charge in [-0.05, 0) is 52.4 Å². The van der Waals surface area contributed by atoms with Gasteiger partial charge in [-0.2, -0.15) is 0 Å². The molecular weight excluding hydrogens is 557 g/mol. The predicted octanol–water partition coefficient (Wildman–Crippen LogP) is 11.3. The SMILES string of the molecule is C1=CC(c2nc(-c3cccc4c5cccc6sc7cccc(c34)c7c65)nc3c2oc2ccccc23)=CC(c2ccccc2)C1. The van der Waals surface area contributed by atoms with Gasteiger partial charge in [0.25, 0.3) is 0 Å². The number of hydrogen-bond acceptors (Lipinski definition) is 4. The maximum absolute atomic E-state index is 6.50. The third kappa shape index (κ3) is 3.37. The summed E-state index contributed by atoms with van der Waals surface area (Å²) in [6.07, 6.45) is 7.75. The van der Waals surface area contributed by atoms with E-state index in [0.717, 1.165) is 51.1 Å². The standard InChI is InChI=1S/C40H24N2OS/c1-2-10-23(11-3-1)24-12-6-13-25(22-24)37-39-38(28-14-4-5-19-31(28)43-39)42-40(41-37)30-18-7-15-26-27-16-8-20-32-35(27)36-29(34(26)30)17-9-21-33(36)44-32/h1-11,13-22,24H,12H2. The van der Waals surface area contributed by atoms with E-state index in [1.807, 2.05) is 29.5 Å². The summed E-state index contributed by atoms with van der Waals surface area (Å²) in [7, 11) is 0. The molecule has 206 valence electrons. The molecule has 0 fully saturated rings. The number of rotatable bonds is 3. The number of hydrogen-bond donors (Lipinski definition) is 0. The van der Waals surface area contributed by atoms with Crippen LogP contribution in [0.4, 0.5) is 0 Å². The summed E-state index contributed by atoms with van der Waals surface area (Å²) in [4.78, 5) is 10.6. The highest BCUT2D eigenvalue weighted by molar-refractivity contribution is 7.26. The summed E-state index contributed by atoms with van der Waals surface area (Å²) >= 11 is 1.87. The van der Waals surface area contributed by atoms with E-state index in [2.05, 4.69) is 109 Å². The van der Waals surface area contributed by atoms with Gasteiger partial charge >= 0.3 is 0 Å². The average molecular weight is 581 g/mol. The summed E-state index contributed by atoms with van der Waals surface area (Å²) in [5.41, 5.74) is 6.65. The molecule has 1 aliphatic carbocycles. The predicted molar refractivity (Wildman–Crippen MR) is 185 cm³/mol. The number of furan rings is 1. The quantitative estimate of drug-likeness (QED) is 0.195. The van der Waals surface area contributed by atoms with Crippen LogP contribution < -0.4 is 0 Å². The molecule has 3 aromatic heterocycles. The Kier molecular flexibility index (Phi) is 4.99. The number of nitrogens with zero attached hydrogens (tertiary/aromatic N) is 2. The molecule has 0 amide bonds. The van der Waals surface area contributed by atoms with Crippen LogP contribution in [0.3, 0.4) is 0 Å². The monoisotopic (exact) mass is 580 g/mol. The number of aromatic nitrogens is 2. The molecular formula is C40H24N2OS. The Balaban J connectivity index is 1.30. The van der Waals surface area contributed by atoms with Gasteiger partial charge in [-0.1, -0.05) is 103 Å². The van der Waals surface area contributed by atoms with Crippen molar-refractivity contribution in [1.29, 1.82) is 0 Å². The normalized spacial score (nSPS) is 15.5. The van der Waals surface area contributed by atoms with Crippen LogP contribution in [0.1, 0.15) is 23.6 Å². The zero-order valence-electron chi connectivity index (χ0n) is 23.6. The molecule has 0 radical (unpaired) electrons. The molecule has 4 heteroatoms. The van der Waals surface area contributed by atoms with Gasteiger partial charge in [0.05, 0.1) is 0 Å². The second-order valence-electron chi connectivity index (χ2n) is 11.6. The lowest BCUT2D eigenvalue weighted by molar-refractivity contribution is 0.664. The molecule has 0 saturated heterocycles. The fraction of sp³-hybridized carbons (Fsp3) is 0.0500. The maximum Gasteiger partial charge on any atom is 0.180 e. The topological polar surface area (TPSA) is 38.9 Å². The summed E-state index contributed by atoms with van der Waals surface area (Å²) in [6.45, 7) is 0. The van der Waals surface area contributed by atoms with Gasteiger partial charge in [0, 0.05) is 48.0 Å². The molecule has 0 aliphatic heterocycles. The van der Waals surface area contributed by atoms with Gasteiger partial charge < -0.3 is 4.42 Å². The summed E-state index contributed by atoms with van der Waals surface area (Å²) in [6, 6.07) is 38.8. The number of thiophene rings is 1. The summed E-state index contributed by atoms with van der Waals surface area (Å²) in [5.74, 6) is 0.989. The highest BCUT2D eigenvalue weighted by Crippen LogP contribution is 2.47. The van der Waals surface area contributed by atoms with Crippen LogP contribution in [0.25, 0.3) is 80.7 Å². The third-order valence-corrected chi connectivity index (χ3v) is 10.3. The lowest BCUT2D eigenvalue weighted by Crippen LogP contribution is -2.02. The third-order valence-electron chi connectivity index (χ3n) is 9.18. The molecule has 1 unspecified atom stereocenters. The van der Waals surface area contributed by atoms with Crippen molar-refractivity contribution in [2.75, 3.05) is 0 Å². The zero-order chi connectivity index (χ0) is 28.8. The Hall–Kier alpha value is -5.32. The second-order valence-corrected chi connectivity index (χ2v) is 12.7. The van der Waals surface area contributed by atoms with Crippen molar-refractivity contribution in [2.24, 2.45) is 0 Å². The molecule has 6 aromatic carbocycles. The molecule has 0 N–H and O–H groups in total. The van der Waals surface area contributed by atoms with E-state index < -0.39 is 0 Å². The van der Waals surface area contributed by atoms with Crippen molar-refractivity contribution in [3.63, 3.8) is 0 Å². The van der Waals surface area contributed by atoms with E-state index in [4.69, 9.17) is 14.4 Å². The average Bonchev–Trinajstić information content (AvgIpc) is 3.67. The first kappa shape index (κ1) is 24.2. The van der Waals surface area contributed by atoms with Gasteiger partial charge in [0.15, 0.2) is 11.4 Å². The number of para-hydroxylation sites is 1. The Bertz CT molecular complexity index is 2640. The van der Waals surface area contributed by atoms with Crippen molar-refractivity contribution in [3.8, 4) is 11.4 Å². The fourth-order valence-corrected chi connectivity index (χ4v) is 8.39. The van der Waals surface area contributed by atoms with E-state index in [-0.39, 0.29) is 5.92 Å². The molecule has 1 aliphatic rings. The maximum atomic E-state index is 6.50. The molecule has 0 saturated carbocycles. The Morgan fingerprint density at radius 1 is 0.636 bits per heavy atom. The van der Waals surface area contributed by atoms with E-state index in [0.29, 0.717) is 0 Å². The molecule has 3 nitrogen and oxygen atoms in total. The summed E-state index contributed by atoms with van der Waals surface area (Å²) < 4.78 is 9.15. The molecule has 10 rings (SSSR count). The van der Waals surface area contributed by atoms with Crippen LogP contribution in [0.2, 0.25) is 0 Å². The first-order chi connectivity index (χ1) is 21.8. The van der Waals surface area contributed by atoms with Crippen LogP contribution >= 0.6 is 11.3 Å². The van der Waals surface area contributed by atoms with Crippen molar-refractivity contribution in [3.05, 3.63) is 139 Å². The molecule has 9 aromatic rings.